The summed E-state index contributed by atoms with van der Waals surface area (Å²) in [4.78, 5) is 12.0. The Morgan fingerprint density at radius 2 is 1.61 bits per heavy atom. The normalized spacial score (nSPS) is 11.4. The molecule has 0 aliphatic heterocycles. The predicted molar refractivity (Wildman–Crippen MR) is 99.5 cm³/mol. The van der Waals surface area contributed by atoms with Crippen LogP contribution in [0.5, 0.6) is 11.5 Å². The fraction of sp³-hybridized carbons (Fsp3) is 0.0476. The summed E-state index contributed by atoms with van der Waals surface area (Å²) < 4.78 is 43.9. The van der Waals surface area contributed by atoms with Gasteiger partial charge in [-0.3, -0.25) is 4.79 Å². The van der Waals surface area contributed by atoms with Crippen molar-refractivity contribution in [1.29, 1.82) is 0 Å². The van der Waals surface area contributed by atoms with Crippen molar-refractivity contribution in [1.82, 2.24) is 5.43 Å². The molecule has 0 fully saturated rings. The SMILES string of the molecule is O=C(N/N=C\c1cccc(Oc2ccccc2)c1)c1cccc(C(F)(F)F)c1. The summed E-state index contributed by atoms with van der Waals surface area (Å²) >= 11 is 0. The molecule has 0 saturated carbocycles. The number of nitrogens with zero attached hydrogens (tertiary/aromatic N) is 1. The molecule has 7 heteroatoms. The van der Waals surface area contributed by atoms with Crippen LogP contribution in [0.25, 0.3) is 0 Å². The highest BCUT2D eigenvalue weighted by molar-refractivity contribution is 5.95. The number of para-hydroxylation sites is 1. The van der Waals surface area contributed by atoms with Crippen molar-refractivity contribution in [2.75, 3.05) is 0 Å². The molecule has 142 valence electrons. The largest absolute Gasteiger partial charge is 0.457 e. The Balaban J connectivity index is 1.65. The molecule has 1 N–H and O–H groups in total. The number of rotatable bonds is 5. The van der Waals surface area contributed by atoms with Crippen molar-refractivity contribution in [3.05, 3.63) is 95.6 Å². The van der Waals surface area contributed by atoms with Crippen LogP contribution in [0.15, 0.2) is 84.0 Å². The summed E-state index contributed by atoms with van der Waals surface area (Å²) in [7, 11) is 0. The van der Waals surface area contributed by atoms with Crippen LogP contribution in [0, 0.1) is 0 Å². The summed E-state index contributed by atoms with van der Waals surface area (Å²) in [6.45, 7) is 0. The highest BCUT2D eigenvalue weighted by Crippen LogP contribution is 2.29. The number of carbonyl (C=O) groups excluding carboxylic acids is 1. The molecular weight excluding hydrogens is 369 g/mol. The van der Waals surface area contributed by atoms with Gasteiger partial charge in [-0.15, -0.1) is 0 Å². The van der Waals surface area contributed by atoms with Gasteiger partial charge in [0.2, 0.25) is 0 Å². The highest BCUT2D eigenvalue weighted by atomic mass is 19.4. The second-order valence-corrected chi connectivity index (χ2v) is 5.77. The zero-order chi connectivity index (χ0) is 20.0. The quantitative estimate of drug-likeness (QED) is 0.482. The first-order chi connectivity index (χ1) is 13.4. The molecule has 4 nitrogen and oxygen atoms in total. The van der Waals surface area contributed by atoms with E-state index in [9.17, 15) is 18.0 Å². The van der Waals surface area contributed by atoms with E-state index in [1.807, 2.05) is 30.3 Å². The number of alkyl halides is 3. The van der Waals surface area contributed by atoms with Crippen molar-refractivity contribution in [2.45, 2.75) is 6.18 Å². The molecule has 0 aromatic heterocycles. The number of carbonyl (C=O) groups is 1. The van der Waals surface area contributed by atoms with Crippen LogP contribution in [0.2, 0.25) is 0 Å². The molecule has 0 bridgehead atoms. The van der Waals surface area contributed by atoms with Gasteiger partial charge >= 0.3 is 6.18 Å². The van der Waals surface area contributed by atoms with Crippen LogP contribution >= 0.6 is 0 Å². The highest BCUT2D eigenvalue weighted by Gasteiger charge is 2.30. The molecule has 0 atom stereocenters. The van der Waals surface area contributed by atoms with Crippen LogP contribution < -0.4 is 10.2 Å². The minimum absolute atomic E-state index is 0.131. The van der Waals surface area contributed by atoms with Gasteiger partial charge in [-0.2, -0.15) is 18.3 Å². The van der Waals surface area contributed by atoms with E-state index in [-0.39, 0.29) is 5.56 Å². The summed E-state index contributed by atoms with van der Waals surface area (Å²) in [5, 5.41) is 3.80. The van der Waals surface area contributed by atoms with Gasteiger partial charge in [0.25, 0.3) is 5.91 Å². The van der Waals surface area contributed by atoms with Gasteiger partial charge in [-0.05, 0) is 48.0 Å². The maximum atomic E-state index is 12.7. The molecule has 0 saturated heterocycles. The molecule has 3 aromatic rings. The van der Waals surface area contributed by atoms with Gasteiger partial charge in [0.15, 0.2) is 0 Å². The molecule has 0 spiro atoms. The zero-order valence-corrected chi connectivity index (χ0v) is 14.5. The van der Waals surface area contributed by atoms with Crippen molar-refractivity contribution < 1.29 is 22.7 Å². The molecule has 0 unspecified atom stereocenters. The lowest BCUT2D eigenvalue weighted by Gasteiger charge is -2.07. The van der Waals surface area contributed by atoms with Gasteiger partial charge in [0, 0.05) is 5.56 Å². The first-order valence-electron chi connectivity index (χ1n) is 8.25. The fourth-order valence-electron chi connectivity index (χ4n) is 2.35. The number of halogens is 3. The van der Waals surface area contributed by atoms with E-state index in [4.69, 9.17) is 4.74 Å². The third-order valence-corrected chi connectivity index (χ3v) is 3.67. The van der Waals surface area contributed by atoms with E-state index in [0.29, 0.717) is 17.1 Å². The summed E-state index contributed by atoms with van der Waals surface area (Å²) in [5.74, 6) is 0.521. The second-order valence-electron chi connectivity index (χ2n) is 5.77. The number of nitrogens with one attached hydrogen (secondary N) is 1. The third-order valence-electron chi connectivity index (χ3n) is 3.67. The van der Waals surface area contributed by atoms with Crippen molar-refractivity contribution in [2.24, 2.45) is 5.10 Å². The molecule has 3 rings (SSSR count). The summed E-state index contributed by atoms with van der Waals surface area (Å²) in [5.41, 5.74) is 1.84. The average molecular weight is 384 g/mol. The monoisotopic (exact) mass is 384 g/mol. The number of ether oxygens (including phenoxy) is 1. The fourth-order valence-corrected chi connectivity index (χ4v) is 2.35. The minimum atomic E-state index is -4.52. The maximum absolute atomic E-state index is 12.7. The average Bonchev–Trinajstić information content (AvgIpc) is 2.68. The Morgan fingerprint density at radius 1 is 0.893 bits per heavy atom. The van der Waals surface area contributed by atoms with Gasteiger partial charge in [-0.1, -0.05) is 36.4 Å². The summed E-state index contributed by atoms with van der Waals surface area (Å²) in [6, 6.07) is 20.3. The standard InChI is InChI=1S/C21H15F3N2O2/c22-21(23,24)17-8-5-7-16(13-17)20(27)26-25-14-15-6-4-11-19(12-15)28-18-9-2-1-3-10-18/h1-14H,(H,26,27)/b25-14-. The summed E-state index contributed by atoms with van der Waals surface area (Å²) in [6.07, 6.45) is -3.14. The van der Waals surface area contributed by atoms with Gasteiger partial charge in [0.05, 0.1) is 11.8 Å². The Kier molecular flexibility index (Phi) is 5.74. The van der Waals surface area contributed by atoms with Crippen LogP contribution in [0.1, 0.15) is 21.5 Å². The molecule has 28 heavy (non-hydrogen) atoms. The van der Waals surface area contributed by atoms with E-state index < -0.39 is 17.6 Å². The smallest absolute Gasteiger partial charge is 0.416 e. The molecule has 0 aliphatic rings. The molecule has 0 aliphatic carbocycles. The lowest BCUT2D eigenvalue weighted by atomic mass is 10.1. The predicted octanol–water partition coefficient (Wildman–Crippen LogP) is 5.26. The molecule has 1 amide bonds. The number of hydrazone groups is 1. The third kappa shape index (κ3) is 5.20. The van der Waals surface area contributed by atoms with Gasteiger partial charge < -0.3 is 4.74 Å². The second kappa shape index (κ2) is 8.39. The van der Waals surface area contributed by atoms with Gasteiger partial charge in [-0.25, -0.2) is 5.43 Å². The van der Waals surface area contributed by atoms with Crippen LogP contribution in [0.3, 0.4) is 0 Å². The Morgan fingerprint density at radius 3 is 2.36 bits per heavy atom. The number of benzene rings is 3. The van der Waals surface area contributed by atoms with Crippen LogP contribution in [-0.4, -0.2) is 12.1 Å². The van der Waals surface area contributed by atoms with Crippen molar-refractivity contribution >= 4 is 12.1 Å². The lowest BCUT2D eigenvalue weighted by molar-refractivity contribution is -0.137. The van der Waals surface area contributed by atoms with Crippen molar-refractivity contribution in [3.63, 3.8) is 0 Å². The van der Waals surface area contributed by atoms with Gasteiger partial charge in [0.1, 0.15) is 11.5 Å². The van der Waals surface area contributed by atoms with Crippen LogP contribution in [-0.2, 0) is 6.18 Å². The maximum Gasteiger partial charge on any atom is 0.416 e. The zero-order valence-electron chi connectivity index (χ0n) is 14.5. The van der Waals surface area contributed by atoms with E-state index in [0.717, 1.165) is 12.1 Å². The Labute approximate surface area is 159 Å². The minimum Gasteiger partial charge on any atom is -0.457 e. The van der Waals surface area contributed by atoms with E-state index in [2.05, 4.69) is 10.5 Å². The van der Waals surface area contributed by atoms with Crippen molar-refractivity contribution in [3.8, 4) is 11.5 Å². The van der Waals surface area contributed by atoms with E-state index >= 15 is 0 Å². The molecule has 0 radical (unpaired) electrons. The number of amides is 1. The number of hydrogen-bond donors (Lipinski definition) is 1. The van der Waals surface area contributed by atoms with E-state index in [1.54, 1.807) is 24.3 Å². The molecular formula is C21H15F3N2O2. The lowest BCUT2D eigenvalue weighted by Crippen LogP contribution is -2.18. The molecule has 0 heterocycles. The number of hydrogen-bond acceptors (Lipinski definition) is 3. The van der Waals surface area contributed by atoms with Crippen LogP contribution in [0.4, 0.5) is 13.2 Å². The Bertz CT molecular complexity index is 986. The first kappa shape index (κ1) is 19.2. The first-order valence-corrected chi connectivity index (χ1v) is 8.25. The molecule has 3 aromatic carbocycles. The van der Waals surface area contributed by atoms with E-state index in [1.165, 1.54) is 18.3 Å². The Hall–Kier alpha value is -3.61. The topological polar surface area (TPSA) is 50.7 Å².